The number of rotatable bonds is 4. The maximum Gasteiger partial charge on any atom is 0.270 e. The van der Waals surface area contributed by atoms with Gasteiger partial charge in [0.2, 0.25) is 0 Å². The third kappa shape index (κ3) is 2.32. The highest BCUT2D eigenvalue weighted by atomic mass is 32.2. The molecule has 5 heteroatoms. The molecule has 0 radical (unpaired) electrons. The Balaban J connectivity index is 1.75. The summed E-state index contributed by atoms with van der Waals surface area (Å²) in [5.41, 5.74) is 2.06. The van der Waals surface area contributed by atoms with Crippen LogP contribution in [-0.4, -0.2) is 8.42 Å². The van der Waals surface area contributed by atoms with Gasteiger partial charge in [0.1, 0.15) is 5.82 Å². The van der Waals surface area contributed by atoms with Crippen LogP contribution in [0.5, 0.6) is 0 Å². The molecule has 1 heterocycles. The zero-order valence-electron chi connectivity index (χ0n) is 13.4. The van der Waals surface area contributed by atoms with Crippen molar-refractivity contribution in [3.63, 3.8) is 0 Å². The maximum atomic E-state index is 13.0. The van der Waals surface area contributed by atoms with Gasteiger partial charge in [-0.05, 0) is 23.1 Å². The maximum absolute atomic E-state index is 13.0. The van der Waals surface area contributed by atoms with Gasteiger partial charge in [0, 0.05) is 11.1 Å². The smallest absolute Gasteiger partial charge is 0.270 e. The molecule has 0 fully saturated rings. The van der Waals surface area contributed by atoms with E-state index in [9.17, 15) is 8.42 Å². The lowest BCUT2D eigenvalue weighted by atomic mass is 10.1. The van der Waals surface area contributed by atoms with Gasteiger partial charge >= 0.3 is 0 Å². The van der Waals surface area contributed by atoms with Crippen molar-refractivity contribution in [2.75, 3.05) is 4.31 Å². The van der Waals surface area contributed by atoms with Gasteiger partial charge in [0.15, 0.2) is 0 Å². The first-order chi connectivity index (χ1) is 12.0. The van der Waals surface area contributed by atoms with Gasteiger partial charge in [-0.1, -0.05) is 67.8 Å². The molecule has 0 saturated carbocycles. The second-order valence-electron chi connectivity index (χ2n) is 5.82. The van der Waals surface area contributed by atoms with E-state index in [4.69, 9.17) is 0 Å². The molecule has 0 aliphatic carbocycles. The molecule has 1 aliphatic heterocycles. The summed E-state index contributed by atoms with van der Waals surface area (Å²) in [5, 5.41) is 4.63. The van der Waals surface area contributed by atoms with E-state index in [0.29, 0.717) is 16.3 Å². The van der Waals surface area contributed by atoms with Crippen molar-refractivity contribution in [2.24, 2.45) is 0 Å². The topological polar surface area (TPSA) is 49.4 Å². The number of sulfonamides is 1. The fourth-order valence-electron chi connectivity index (χ4n) is 3.13. The van der Waals surface area contributed by atoms with E-state index >= 15 is 0 Å². The Kier molecular flexibility index (Phi) is 3.40. The van der Waals surface area contributed by atoms with Crippen LogP contribution >= 0.6 is 0 Å². The standard InChI is InChI=1S/C20H16N2O2S/c1-14(16-8-4-3-5-9-16)21-15(2)22-18-12-6-10-17-11-7-13-19(20(17)18)25(22,23)24/h3-13,21H,1-2H2. The molecule has 1 N–H and O–H groups in total. The zero-order valence-corrected chi connectivity index (χ0v) is 14.3. The normalized spacial score (nSPS) is 14.5. The highest BCUT2D eigenvalue weighted by Crippen LogP contribution is 2.43. The lowest BCUT2D eigenvalue weighted by Crippen LogP contribution is -2.32. The Morgan fingerprint density at radius 2 is 1.56 bits per heavy atom. The van der Waals surface area contributed by atoms with Gasteiger partial charge in [-0.2, -0.15) is 0 Å². The van der Waals surface area contributed by atoms with E-state index in [-0.39, 0.29) is 5.82 Å². The van der Waals surface area contributed by atoms with Crippen molar-refractivity contribution in [3.05, 3.63) is 91.3 Å². The molecule has 124 valence electrons. The molecular formula is C20H16N2O2S. The summed E-state index contributed by atoms with van der Waals surface area (Å²) >= 11 is 0. The Labute approximate surface area is 146 Å². The molecule has 0 bridgehead atoms. The monoisotopic (exact) mass is 348 g/mol. The molecule has 0 spiro atoms. The quantitative estimate of drug-likeness (QED) is 0.773. The van der Waals surface area contributed by atoms with Crippen LogP contribution in [0.1, 0.15) is 5.56 Å². The van der Waals surface area contributed by atoms with Crippen LogP contribution in [-0.2, 0) is 10.0 Å². The Morgan fingerprint density at radius 3 is 2.28 bits per heavy atom. The molecule has 0 saturated heterocycles. The minimum Gasteiger partial charge on any atom is -0.341 e. The van der Waals surface area contributed by atoms with Crippen molar-refractivity contribution in [1.29, 1.82) is 0 Å². The number of benzene rings is 3. The van der Waals surface area contributed by atoms with Crippen molar-refractivity contribution in [3.8, 4) is 0 Å². The average molecular weight is 348 g/mol. The van der Waals surface area contributed by atoms with Crippen LogP contribution in [0.4, 0.5) is 5.69 Å². The number of anilines is 1. The van der Waals surface area contributed by atoms with Crippen LogP contribution in [0.15, 0.2) is 90.6 Å². The highest BCUT2D eigenvalue weighted by Gasteiger charge is 2.37. The minimum absolute atomic E-state index is 0.248. The van der Waals surface area contributed by atoms with E-state index < -0.39 is 10.0 Å². The van der Waals surface area contributed by atoms with Gasteiger partial charge in [-0.15, -0.1) is 0 Å². The number of hydrogen-bond acceptors (Lipinski definition) is 3. The van der Waals surface area contributed by atoms with Crippen LogP contribution in [0, 0.1) is 0 Å². The first-order valence-corrected chi connectivity index (χ1v) is 9.21. The highest BCUT2D eigenvalue weighted by molar-refractivity contribution is 7.93. The van der Waals surface area contributed by atoms with Crippen LogP contribution < -0.4 is 9.62 Å². The van der Waals surface area contributed by atoms with E-state index in [1.54, 1.807) is 18.2 Å². The third-order valence-corrected chi connectivity index (χ3v) is 6.04. The fraction of sp³-hybridized carbons (Fsp3) is 0. The number of hydrogen-bond donors (Lipinski definition) is 1. The van der Waals surface area contributed by atoms with Gasteiger partial charge < -0.3 is 5.32 Å². The summed E-state index contributed by atoms with van der Waals surface area (Å²) in [6, 6.07) is 20.3. The predicted octanol–water partition coefficient (Wildman–Crippen LogP) is 4.08. The summed E-state index contributed by atoms with van der Waals surface area (Å²) in [4.78, 5) is 0.300. The zero-order chi connectivity index (χ0) is 17.6. The summed E-state index contributed by atoms with van der Waals surface area (Å²) in [5.74, 6) is 0.248. The summed E-state index contributed by atoms with van der Waals surface area (Å²) in [7, 11) is -3.70. The molecule has 4 nitrogen and oxygen atoms in total. The molecule has 0 atom stereocenters. The predicted molar refractivity (Wildman–Crippen MR) is 101 cm³/mol. The summed E-state index contributed by atoms with van der Waals surface area (Å²) in [6.07, 6.45) is 0. The van der Waals surface area contributed by atoms with E-state index in [1.807, 2.05) is 48.5 Å². The van der Waals surface area contributed by atoms with Gasteiger partial charge in [-0.3, -0.25) is 0 Å². The van der Waals surface area contributed by atoms with Gasteiger partial charge in [-0.25, -0.2) is 12.7 Å². The van der Waals surface area contributed by atoms with Crippen molar-refractivity contribution < 1.29 is 8.42 Å². The van der Waals surface area contributed by atoms with Gasteiger partial charge in [0.25, 0.3) is 10.0 Å². The molecule has 1 aliphatic rings. The van der Waals surface area contributed by atoms with Crippen LogP contribution in [0.25, 0.3) is 16.5 Å². The Morgan fingerprint density at radius 1 is 0.880 bits per heavy atom. The Bertz CT molecular complexity index is 1110. The van der Waals surface area contributed by atoms with Crippen molar-refractivity contribution >= 4 is 32.2 Å². The molecule has 0 aromatic heterocycles. The van der Waals surface area contributed by atoms with Crippen molar-refractivity contribution in [1.82, 2.24) is 5.32 Å². The van der Waals surface area contributed by atoms with E-state index in [0.717, 1.165) is 16.3 Å². The van der Waals surface area contributed by atoms with Crippen molar-refractivity contribution in [2.45, 2.75) is 4.90 Å². The van der Waals surface area contributed by atoms with E-state index in [2.05, 4.69) is 18.5 Å². The van der Waals surface area contributed by atoms with Gasteiger partial charge in [0.05, 0.1) is 10.6 Å². The second kappa shape index (κ2) is 5.50. The molecule has 25 heavy (non-hydrogen) atoms. The molecule has 0 unspecified atom stereocenters. The van der Waals surface area contributed by atoms with E-state index in [1.165, 1.54) is 4.31 Å². The number of nitrogens with zero attached hydrogens (tertiary/aromatic N) is 1. The lowest BCUT2D eigenvalue weighted by molar-refractivity contribution is 0.596. The lowest BCUT2D eigenvalue weighted by Gasteiger charge is -2.23. The van der Waals surface area contributed by atoms with Crippen LogP contribution in [0.2, 0.25) is 0 Å². The minimum atomic E-state index is -3.70. The molecule has 3 aromatic rings. The summed E-state index contributed by atoms with van der Waals surface area (Å²) in [6.45, 7) is 7.93. The third-order valence-electron chi connectivity index (χ3n) is 4.24. The number of nitrogens with one attached hydrogen (secondary N) is 1. The first-order valence-electron chi connectivity index (χ1n) is 7.77. The summed E-state index contributed by atoms with van der Waals surface area (Å²) < 4.78 is 27.3. The SMILES string of the molecule is C=C(NC(=C)N1c2cccc3cccc(c23)S1(=O)=O)c1ccccc1. The average Bonchev–Trinajstić information content (AvgIpc) is 2.85. The fourth-order valence-corrected chi connectivity index (χ4v) is 4.80. The first kappa shape index (κ1) is 15.5. The molecule has 0 amide bonds. The largest absolute Gasteiger partial charge is 0.341 e. The molecular weight excluding hydrogens is 332 g/mol. The molecule has 3 aromatic carbocycles. The van der Waals surface area contributed by atoms with Crippen LogP contribution in [0.3, 0.4) is 0 Å². The second-order valence-corrected chi connectivity index (χ2v) is 7.57. The Hall–Kier alpha value is -3.05. The molecule has 4 rings (SSSR count).